The fourth-order valence-corrected chi connectivity index (χ4v) is 3.57. The van der Waals surface area contributed by atoms with Gasteiger partial charge in [0.25, 0.3) is 0 Å². The number of hydrogen-bond donors (Lipinski definition) is 1. The molecule has 0 radical (unpaired) electrons. The first-order valence-corrected chi connectivity index (χ1v) is 8.94. The monoisotopic (exact) mass is 355 g/mol. The second-order valence-electron chi connectivity index (χ2n) is 6.17. The summed E-state index contributed by atoms with van der Waals surface area (Å²) in [6.07, 6.45) is 0. The van der Waals surface area contributed by atoms with Gasteiger partial charge in [-0.05, 0) is 44.2 Å². The highest BCUT2D eigenvalue weighted by Crippen LogP contribution is 2.25. The molecule has 0 unspecified atom stereocenters. The summed E-state index contributed by atoms with van der Waals surface area (Å²) in [6, 6.07) is 13.6. The second-order valence-corrected chi connectivity index (χ2v) is 7.58. The Hall–Kier alpha value is -2.47. The Bertz CT molecular complexity index is 986. The van der Waals surface area contributed by atoms with Gasteiger partial charge in [-0.25, -0.2) is 4.79 Å². The predicted molar refractivity (Wildman–Crippen MR) is 103 cm³/mol. The molecule has 1 atom stereocenters. The lowest BCUT2D eigenvalue weighted by atomic mass is 10.2. The molecule has 2 aromatic carbocycles. The van der Waals surface area contributed by atoms with E-state index in [0.717, 1.165) is 15.9 Å². The smallest absolute Gasteiger partial charge is 0.325 e. The van der Waals surface area contributed by atoms with Gasteiger partial charge in [0.05, 0.1) is 16.3 Å². The zero-order valence-electron chi connectivity index (χ0n) is 14.7. The van der Waals surface area contributed by atoms with Gasteiger partial charge < -0.3 is 5.32 Å². The number of amides is 1. The molecule has 0 aliphatic heterocycles. The van der Waals surface area contributed by atoms with E-state index in [2.05, 4.69) is 5.32 Å². The Labute approximate surface area is 150 Å². The van der Waals surface area contributed by atoms with Crippen molar-refractivity contribution < 1.29 is 4.79 Å². The van der Waals surface area contributed by atoms with Crippen molar-refractivity contribution in [2.45, 2.75) is 24.0 Å². The lowest BCUT2D eigenvalue weighted by molar-refractivity contribution is -0.115. The highest BCUT2D eigenvalue weighted by molar-refractivity contribution is 8.00. The van der Waals surface area contributed by atoms with Crippen molar-refractivity contribution in [2.75, 3.05) is 5.32 Å². The van der Waals surface area contributed by atoms with Crippen molar-refractivity contribution in [3.63, 3.8) is 0 Å². The van der Waals surface area contributed by atoms with E-state index in [1.54, 1.807) is 23.2 Å². The van der Waals surface area contributed by atoms with Gasteiger partial charge in [0, 0.05) is 24.7 Å². The molecule has 0 aliphatic carbocycles. The lowest BCUT2D eigenvalue weighted by Gasteiger charge is -2.12. The van der Waals surface area contributed by atoms with Crippen LogP contribution in [0.15, 0.2) is 52.2 Å². The Morgan fingerprint density at radius 3 is 2.36 bits per heavy atom. The number of imidazole rings is 1. The number of aromatic nitrogens is 2. The maximum Gasteiger partial charge on any atom is 0.328 e. The third kappa shape index (κ3) is 3.49. The van der Waals surface area contributed by atoms with Crippen molar-refractivity contribution in [3.05, 3.63) is 58.5 Å². The zero-order chi connectivity index (χ0) is 18.1. The summed E-state index contributed by atoms with van der Waals surface area (Å²) in [4.78, 5) is 25.5. The number of nitrogens with zero attached hydrogens (tertiary/aromatic N) is 2. The summed E-state index contributed by atoms with van der Waals surface area (Å²) in [5.41, 5.74) is 3.44. The van der Waals surface area contributed by atoms with Crippen LogP contribution in [0.3, 0.4) is 0 Å². The molecule has 0 saturated carbocycles. The van der Waals surface area contributed by atoms with Gasteiger partial charge in [-0.3, -0.25) is 13.9 Å². The fourth-order valence-electron chi connectivity index (χ4n) is 2.70. The van der Waals surface area contributed by atoms with E-state index in [1.807, 2.05) is 56.3 Å². The minimum absolute atomic E-state index is 0.0640. The molecule has 1 aromatic heterocycles. The fraction of sp³-hybridized carbons (Fsp3) is 0.263. The van der Waals surface area contributed by atoms with Crippen LogP contribution in [0, 0.1) is 6.92 Å². The van der Waals surface area contributed by atoms with Gasteiger partial charge in [-0.15, -0.1) is 11.8 Å². The van der Waals surface area contributed by atoms with E-state index in [1.165, 1.54) is 17.3 Å². The highest BCUT2D eigenvalue weighted by atomic mass is 32.2. The van der Waals surface area contributed by atoms with Gasteiger partial charge in [0.15, 0.2) is 0 Å². The van der Waals surface area contributed by atoms with Gasteiger partial charge >= 0.3 is 5.69 Å². The van der Waals surface area contributed by atoms with Crippen molar-refractivity contribution in [3.8, 4) is 0 Å². The topological polar surface area (TPSA) is 56.0 Å². The predicted octanol–water partition coefficient (Wildman–Crippen LogP) is 3.30. The van der Waals surface area contributed by atoms with Crippen LogP contribution in [0.1, 0.15) is 12.5 Å². The molecule has 0 bridgehead atoms. The average Bonchev–Trinajstić information content (AvgIpc) is 2.81. The Morgan fingerprint density at radius 2 is 1.68 bits per heavy atom. The molecule has 0 spiro atoms. The minimum Gasteiger partial charge on any atom is -0.325 e. The number of rotatable bonds is 4. The van der Waals surface area contributed by atoms with Crippen molar-refractivity contribution >= 4 is 34.4 Å². The van der Waals surface area contributed by atoms with Crippen LogP contribution >= 0.6 is 11.8 Å². The molecule has 130 valence electrons. The molecule has 3 rings (SSSR count). The molecule has 6 heteroatoms. The van der Waals surface area contributed by atoms with Gasteiger partial charge in [0.1, 0.15) is 0 Å². The summed E-state index contributed by atoms with van der Waals surface area (Å²) < 4.78 is 3.17. The zero-order valence-corrected chi connectivity index (χ0v) is 15.6. The number of aryl methyl sites for hydroxylation is 3. The van der Waals surface area contributed by atoms with Crippen LogP contribution in [0.5, 0.6) is 0 Å². The van der Waals surface area contributed by atoms with E-state index in [0.29, 0.717) is 5.69 Å². The molecular weight excluding hydrogens is 334 g/mol. The molecule has 25 heavy (non-hydrogen) atoms. The summed E-state index contributed by atoms with van der Waals surface area (Å²) in [5.74, 6) is -0.0640. The van der Waals surface area contributed by atoms with Crippen molar-refractivity contribution in [1.82, 2.24) is 9.13 Å². The van der Waals surface area contributed by atoms with Crippen LogP contribution in [-0.2, 0) is 18.9 Å². The first-order chi connectivity index (χ1) is 11.9. The maximum absolute atomic E-state index is 12.5. The number of hydrogen-bond acceptors (Lipinski definition) is 3. The molecule has 0 saturated heterocycles. The quantitative estimate of drug-likeness (QED) is 0.731. The number of carbonyl (C=O) groups is 1. The average molecular weight is 355 g/mol. The first kappa shape index (κ1) is 17.4. The number of benzene rings is 2. The molecule has 0 fully saturated rings. The van der Waals surface area contributed by atoms with E-state index in [-0.39, 0.29) is 16.8 Å². The number of fused-ring (bicyclic) bond motifs is 1. The largest absolute Gasteiger partial charge is 0.328 e. The Morgan fingerprint density at radius 1 is 1.04 bits per heavy atom. The highest BCUT2D eigenvalue weighted by Gasteiger charge is 2.15. The van der Waals surface area contributed by atoms with Crippen molar-refractivity contribution in [1.29, 1.82) is 0 Å². The first-order valence-electron chi connectivity index (χ1n) is 8.06. The number of thioether (sulfide) groups is 1. The molecule has 1 N–H and O–H groups in total. The second kappa shape index (κ2) is 6.80. The van der Waals surface area contributed by atoms with Gasteiger partial charge in [-0.2, -0.15) is 0 Å². The number of carbonyl (C=O) groups excluding carboxylic acids is 1. The van der Waals surface area contributed by atoms with E-state index < -0.39 is 0 Å². The van der Waals surface area contributed by atoms with Gasteiger partial charge in [-0.1, -0.05) is 17.7 Å². The van der Waals surface area contributed by atoms with Crippen molar-refractivity contribution in [2.24, 2.45) is 14.1 Å². The van der Waals surface area contributed by atoms with Gasteiger partial charge in [0.2, 0.25) is 5.91 Å². The maximum atomic E-state index is 12.5. The Balaban J connectivity index is 1.76. The number of nitrogens with one attached hydrogen (secondary N) is 1. The summed E-state index contributed by atoms with van der Waals surface area (Å²) >= 11 is 1.52. The normalized spacial score (nSPS) is 12.3. The summed E-state index contributed by atoms with van der Waals surface area (Å²) in [5, 5.41) is 2.71. The standard InChI is InChI=1S/C19H21N3O2S/c1-12-5-8-15(9-6-12)25-13(2)18(23)20-14-7-10-16-17(11-14)22(4)19(24)21(16)3/h5-11,13H,1-4H3,(H,20,23)/t13-/m0/s1. The Kier molecular flexibility index (Phi) is 4.72. The summed E-state index contributed by atoms with van der Waals surface area (Å²) in [7, 11) is 3.47. The van der Waals surface area contributed by atoms with Crippen LogP contribution < -0.4 is 11.0 Å². The SMILES string of the molecule is Cc1ccc(S[C@@H](C)C(=O)Nc2ccc3c(c2)n(C)c(=O)n3C)cc1. The number of anilines is 1. The van der Waals surface area contributed by atoms with Crippen LogP contribution in [0.2, 0.25) is 0 Å². The van der Waals surface area contributed by atoms with Crippen LogP contribution in [-0.4, -0.2) is 20.3 Å². The van der Waals surface area contributed by atoms with E-state index in [4.69, 9.17) is 0 Å². The summed E-state index contributed by atoms with van der Waals surface area (Å²) in [6.45, 7) is 3.92. The third-order valence-corrected chi connectivity index (χ3v) is 5.35. The molecule has 3 aromatic rings. The third-order valence-electron chi connectivity index (χ3n) is 4.24. The van der Waals surface area contributed by atoms with Crippen LogP contribution in [0.25, 0.3) is 11.0 Å². The van der Waals surface area contributed by atoms with Crippen LogP contribution in [0.4, 0.5) is 5.69 Å². The molecule has 0 aliphatic rings. The minimum atomic E-state index is -0.224. The molecule has 1 heterocycles. The van der Waals surface area contributed by atoms with E-state index >= 15 is 0 Å². The molecule has 1 amide bonds. The van der Waals surface area contributed by atoms with E-state index in [9.17, 15) is 9.59 Å². The molecule has 5 nitrogen and oxygen atoms in total. The lowest BCUT2D eigenvalue weighted by Crippen LogP contribution is -2.22. The molecular formula is C19H21N3O2S.